The van der Waals surface area contributed by atoms with E-state index < -0.39 is 0 Å². The van der Waals surface area contributed by atoms with Gasteiger partial charge in [0.2, 0.25) is 5.95 Å². The van der Waals surface area contributed by atoms with Crippen molar-refractivity contribution in [3.05, 3.63) is 47.8 Å². The Morgan fingerprint density at radius 1 is 1.17 bits per heavy atom. The summed E-state index contributed by atoms with van der Waals surface area (Å²) in [5.74, 6) is 0.331. The Labute approximate surface area is 143 Å². The minimum absolute atomic E-state index is 0.0511. The number of amides is 1. The topological polar surface area (TPSA) is 66.9 Å². The van der Waals surface area contributed by atoms with Crippen molar-refractivity contribution in [1.82, 2.24) is 9.97 Å². The van der Waals surface area contributed by atoms with Gasteiger partial charge in [-0.1, -0.05) is 45.9 Å². The van der Waals surface area contributed by atoms with Crippen LogP contribution >= 0.6 is 0 Å². The molecule has 0 saturated carbocycles. The molecule has 0 bridgehead atoms. The number of carbonyl (C=O) groups is 1. The van der Waals surface area contributed by atoms with Crippen molar-refractivity contribution in [2.24, 2.45) is 0 Å². The number of carbonyl (C=O) groups excluding carboxylic acids is 1. The van der Waals surface area contributed by atoms with Gasteiger partial charge in [-0.25, -0.2) is 9.97 Å². The molecule has 0 aliphatic rings. The van der Waals surface area contributed by atoms with Crippen LogP contribution in [0.4, 0.5) is 11.6 Å². The van der Waals surface area contributed by atoms with Crippen LogP contribution in [0.25, 0.3) is 0 Å². The van der Waals surface area contributed by atoms with Gasteiger partial charge in [-0.05, 0) is 30.4 Å². The Balaban J connectivity index is 2.14. The summed E-state index contributed by atoms with van der Waals surface area (Å²) in [4.78, 5) is 20.9. The lowest BCUT2D eigenvalue weighted by Gasteiger charge is -2.23. The van der Waals surface area contributed by atoms with Gasteiger partial charge in [0.05, 0.1) is 5.56 Å². The van der Waals surface area contributed by atoms with Crippen LogP contribution in [-0.2, 0) is 5.41 Å². The fourth-order valence-electron chi connectivity index (χ4n) is 2.28. The molecule has 0 saturated heterocycles. The van der Waals surface area contributed by atoms with E-state index in [1.807, 2.05) is 24.3 Å². The molecule has 0 fully saturated rings. The zero-order valence-corrected chi connectivity index (χ0v) is 15.1. The number of para-hydroxylation sites is 1. The molecule has 0 aliphatic heterocycles. The van der Waals surface area contributed by atoms with E-state index >= 15 is 0 Å². The highest BCUT2D eigenvalue weighted by Gasteiger charge is 2.19. The summed E-state index contributed by atoms with van der Waals surface area (Å²) in [5, 5.41) is 6.15. The van der Waals surface area contributed by atoms with E-state index in [0.717, 1.165) is 17.7 Å². The van der Waals surface area contributed by atoms with Crippen molar-refractivity contribution in [2.45, 2.75) is 52.5 Å². The first kappa shape index (κ1) is 17.9. The Kier molecular flexibility index (Phi) is 5.54. The number of nitrogens with one attached hydrogen (secondary N) is 2. The highest BCUT2D eigenvalue weighted by molar-refractivity contribution is 6.04. The van der Waals surface area contributed by atoms with Crippen LogP contribution < -0.4 is 10.6 Å². The van der Waals surface area contributed by atoms with Crippen LogP contribution in [0.15, 0.2) is 36.7 Å². The number of hydrogen-bond donors (Lipinski definition) is 2. The predicted molar refractivity (Wildman–Crippen MR) is 98.5 cm³/mol. The molecule has 128 valence electrons. The molecule has 0 radical (unpaired) electrons. The van der Waals surface area contributed by atoms with E-state index in [2.05, 4.69) is 55.2 Å². The molecular formula is C19H26N4O. The smallest absolute Gasteiger partial charge is 0.258 e. The molecule has 1 aromatic heterocycles. The average Bonchev–Trinajstić information content (AvgIpc) is 2.55. The molecule has 0 spiro atoms. The van der Waals surface area contributed by atoms with Crippen LogP contribution in [0.5, 0.6) is 0 Å². The molecule has 5 heteroatoms. The van der Waals surface area contributed by atoms with Crippen molar-refractivity contribution in [3.63, 3.8) is 0 Å². The van der Waals surface area contributed by atoms with Gasteiger partial charge < -0.3 is 10.6 Å². The normalized spacial score (nSPS) is 12.5. The molecule has 1 amide bonds. The van der Waals surface area contributed by atoms with E-state index in [-0.39, 0.29) is 11.3 Å². The van der Waals surface area contributed by atoms with E-state index in [1.54, 1.807) is 12.4 Å². The Morgan fingerprint density at radius 3 is 2.38 bits per heavy atom. The fraction of sp³-hybridized carbons (Fsp3) is 0.421. The Hall–Kier alpha value is -2.43. The summed E-state index contributed by atoms with van der Waals surface area (Å²) in [6, 6.07) is 8.14. The van der Waals surface area contributed by atoms with Crippen molar-refractivity contribution in [1.29, 1.82) is 0 Å². The third-order valence-electron chi connectivity index (χ3n) is 3.89. The SMILES string of the molecule is CCC(C)Nc1ncc(C(=O)Nc2ccccc2C(C)(C)C)cn1. The van der Waals surface area contributed by atoms with Gasteiger partial charge in [-0.3, -0.25) is 4.79 Å². The number of aromatic nitrogens is 2. The van der Waals surface area contributed by atoms with Gasteiger partial charge in [-0.2, -0.15) is 0 Å². The first-order chi connectivity index (χ1) is 11.3. The van der Waals surface area contributed by atoms with Crippen molar-refractivity contribution in [2.75, 3.05) is 10.6 Å². The summed E-state index contributed by atoms with van der Waals surface area (Å²) in [5.41, 5.74) is 2.30. The lowest BCUT2D eigenvalue weighted by Crippen LogP contribution is -2.19. The number of rotatable bonds is 5. The van der Waals surface area contributed by atoms with E-state index in [0.29, 0.717) is 17.6 Å². The standard InChI is InChI=1S/C19H26N4O/c1-6-13(2)22-18-20-11-14(12-21-18)17(24)23-16-10-8-7-9-15(16)19(3,4)5/h7-13H,6H2,1-5H3,(H,23,24)(H,20,21,22). The maximum Gasteiger partial charge on any atom is 0.258 e. The molecule has 5 nitrogen and oxygen atoms in total. The van der Waals surface area contributed by atoms with Crippen molar-refractivity contribution >= 4 is 17.5 Å². The number of benzene rings is 1. The van der Waals surface area contributed by atoms with Gasteiger partial charge in [0.1, 0.15) is 0 Å². The zero-order chi connectivity index (χ0) is 17.7. The molecule has 2 aromatic rings. The molecule has 1 aromatic carbocycles. The summed E-state index contributed by atoms with van der Waals surface area (Å²) in [6.07, 6.45) is 4.08. The summed E-state index contributed by atoms with van der Waals surface area (Å²) in [7, 11) is 0. The monoisotopic (exact) mass is 326 g/mol. The van der Waals surface area contributed by atoms with Crippen LogP contribution in [0.3, 0.4) is 0 Å². The van der Waals surface area contributed by atoms with Gasteiger partial charge in [0.15, 0.2) is 0 Å². The molecule has 0 aliphatic carbocycles. The third-order valence-corrected chi connectivity index (χ3v) is 3.89. The number of anilines is 2. The Morgan fingerprint density at radius 2 is 1.79 bits per heavy atom. The quantitative estimate of drug-likeness (QED) is 0.862. The molecule has 1 unspecified atom stereocenters. The highest BCUT2D eigenvalue weighted by atomic mass is 16.1. The highest BCUT2D eigenvalue weighted by Crippen LogP contribution is 2.29. The zero-order valence-electron chi connectivity index (χ0n) is 15.1. The lowest BCUT2D eigenvalue weighted by molar-refractivity contribution is 0.102. The second kappa shape index (κ2) is 7.43. The van der Waals surface area contributed by atoms with E-state index in [1.165, 1.54) is 0 Å². The first-order valence-corrected chi connectivity index (χ1v) is 8.30. The predicted octanol–water partition coefficient (Wildman–Crippen LogP) is 4.24. The molecule has 2 N–H and O–H groups in total. The Bertz CT molecular complexity index is 689. The summed E-state index contributed by atoms with van der Waals surface area (Å²) in [6.45, 7) is 10.5. The fourth-order valence-corrected chi connectivity index (χ4v) is 2.28. The number of nitrogens with zero attached hydrogens (tertiary/aromatic N) is 2. The van der Waals surface area contributed by atoms with Gasteiger partial charge in [-0.15, -0.1) is 0 Å². The van der Waals surface area contributed by atoms with E-state index in [9.17, 15) is 4.79 Å². The third kappa shape index (κ3) is 4.54. The molecular weight excluding hydrogens is 300 g/mol. The molecule has 2 rings (SSSR count). The first-order valence-electron chi connectivity index (χ1n) is 8.30. The second-order valence-corrected chi connectivity index (χ2v) is 7.00. The van der Waals surface area contributed by atoms with Gasteiger partial charge >= 0.3 is 0 Å². The average molecular weight is 326 g/mol. The maximum absolute atomic E-state index is 12.5. The van der Waals surface area contributed by atoms with Crippen molar-refractivity contribution < 1.29 is 4.79 Å². The minimum atomic E-state index is -0.207. The van der Waals surface area contributed by atoms with Gasteiger partial charge in [0.25, 0.3) is 5.91 Å². The van der Waals surface area contributed by atoms with Gasteiger partial charge in [0, 0.05) is 24.1 Å². The molecule has 1 atom stereocenters. The molecule has 1 heterocycles. The maximum atomic E-state index is 12.5. The molecule has 24 heavy (non-hydrogen) atoms. The summed E-state index contributed by atoms with van der Waals surface area (Å²) < 4.78 is 0. The van der Waals surface area contributed by atoms with E-state index in [4.69, 9.17) is 0 Å². The largest absolute Gasteiger partial charge is 0.352 e. The van der Waals surface area contributed by atoms with Crippen LogP contribution in [0.2, 0.25) is 0 Å². The van der Waals surface area contributed by atoms with Crippen molar-refractivity contribution in [3.8, 4) is 0 Å². The van der Waals surface area contributed by atoms with Crippen LogP contribution in [-0.4, -0.2) is 21.9 Å². The summed E-state index contributed by atoms with van der Waals surface area (Å²) >= 11 is 0. The second-order valence-electron chi connectivity index (χ2n) is 7.00. The minimum Gasteiger partial charge on any atom is -0.352 e. The van der Waals surface area contributed by atoms with Crippen LogP contribution in [0, 0.1) is 0 Å². The van der Waals surface area contributed by atoms with Crippen LogP contribution in [0.1, 0.15) is 57.0 Å². The number of hydrogen-bond acceptors (Lipinski definition) is 4. The lowest BCUT2D eigenvalue weighted by atomic mass is 9.86.